The Morgan fingerprint density at radius 3 is 2.42 bits per heavy atom. The molecule has 38 heavy (non-hydrogen) atoms. The molecule has 3 aromatic carbocycles. The molecule has 1 aliphatic heterocycles. The van der Waals surface area contributed by atoms with Crippen molar-refractivity contribution in [2.45, 2.75) is 31.1 Å². The molecule has 2 N–H and O–H groups in total. The van der Waals surface area contributed by atoms with Crippen molar-refractivity contribution in [2.24, 2.45) is 0 Å². The maximum atomic E-state index is 13.5. The zero-order valence-electron chi connectivity index (χ0n) is 19.8. The number of amides is 2. The molecule has 8 nitrogen and oxygen atoms in total. The molecule has 1 aliphatic carbocycles. The zero-order chi connectivity index (χ0) is 26.5. The molecule has 2 amide bonds. The highest BCUT2D eigenvalue weighted by Crippen LogP contribution is 2.52. The first-order valence-electron chi connectivity index (χ1n) is 11.9. The van der Waals surface area contributed by atoms with Crippen molar-refractivity contribution in [2.75, 3.05) is 5.32 Å². The summed E-state index contributed by atoms with van der Waals surface area (Å²) in [7, 11) is 0. The van der Waals surface area contributed by atoms with E-state index in [-0.39, 0.29) is 24.0 Å². The summed E-state index contributed by atoms with van der Waals surface area (Å²) in [5, 5.41) is 17.6. The van der Waals surface area contributed by atoms with Crippen LogP contribution in [0.25, 0.3) is 22.0 Å². The number of ether oxygens (including phenoxy) is 2. The molecule has 0 saturated heterocycles. The molecule has 0 bridgehead atoms. The molecular weight excluding hydrogens is 496 g/mol. The van der Waals surface area contributed by atoms with Crippen LogP contribution in [0.15, 0.2) is 72.8 Å². The molecular formula is C28H20F2N3O5-. The lowest BCUT2D eigenvalue weighted by Crippen LogP contribution is -2.35. The highest BCUT2D eigenvalue weighted by molar-refractivity contribution is 6.03. The molecule has 0 radical (unpaired) electrons. The number of anilines is 1. The number of nitrogens with zero attached hydrogens (tertiary/aromatic N) is 1. The van der Waals surface area contributed by atoms with E-state index in [0.29, 0.717) is 29.9 Å². The maximum absolute atomic E-state index is 13.5. The van der Waals surface area contributed by atoms with Crippen molar-refractivity contribution >= 4 is 28.6 Å². The van der Waals surface area contributed by atoms with Gasteiger partial charge in [-0.2, -0.15) is 0 Å². The molecule has 192 valence electrons. The van der Waals surface area contributed by atoms with E-state index in [1.807, 2.05) is 36.4 Å². The van der Waals surface area contributed by atoms with Crippen LogP contribution in [-0.2, 0) is 16.8 Å². The molecule has 0 atom stereocenters. The first kappa shape index (κ1) is 23.7. The Morgan fingerprint density at radius 1 is 0.947 bits per heavy atom. The number of nitrogens with one attached hydrogen (secondary N) is 2. The summed E-state index contributed by atoms with van der Waals surface area (Å²) in [4.78, 5) is 28.8. The fourth-order valence-electron chi connectivity index (χ4n) is 4.69. The van der Waals surface area contributed by atoms with Crippen LogP contribution in [0.3, 0.4) is 0 Å². The van der Waals surface area contributed by atoms with Crippen LogP contribution >= 0.6 is 0 Å². The highest BCUT2D eigenvalue weighted by Gasteiger charge is 2.53. The third-order valence-electron chi connectivity index (χ3n) is 6.78. The second kappa shape index (κ2) is 8.69. The molecule has 0 unspecified atom stereocenters. The van der Waals surface area contributed by atoms with Crippen molar-refractivity contribution in [1.29, 1.82) is 0 Å². The standard InChI is InChI=1S/C28H21F2N3O5/c29-28(30)37-21-10-9-19(14-22(21)38-28)27(11-12-27)25(34)33-23-13-18-3-1-2-4-20(18)24(32-23)17-7-5-16(6-8-17)15-31-26(35)36/h1-10,13-14,31H,11-12,15H2,(H,35,36)(H,32,33,34)/p-1. The summed E-state index contributed by atoms with van der Waals surface area (Å²) in [6, 6.07) is 21.1. The van der Waals surface area contributed by atoms with Crippen LogP contribution in [0.4, 0.5) is 19.4 Å². The van der Waals surface area contributed by atoms with Crippen molar-refractivity contribution in [3.63, 3.8) is 0 Å². The second-order valence-electron chi connectivity index (χ2n) is 9.28. The topological polar surface area (TPSA) is 113 Å². The normalized spacial score (nSPS) is 16.2. The molecule has 1 saturated carbocycles. The van der Waals surface area contributed by atoms with Gasteiger partial charge in [0.2, 0.25) is 5.91 Å². The van der Waals surface area contributed by atoms with E-state index in [1.54, 1.807) is 24.3 Å². The molecule has 10 heteroatoms. The number of hydrogen-bond donors (Lipinski definition) is 2. The summed E-state index contributed by atoms with van der Waals surface area (Å²) in [5.41, 5.74) is 1.87. The third-order valence-corrected chi connectivity index (χ3v) is 6.78. The average Bonchev–Trinajstić information content (AvgIpc) is 3.64. The lowest BCUT2D eigenvalue weighted by atomic mass is 9.94. The molecule has 1 aromatic heterocycles. The van der Waals surface area contributed by atoms with E-state index in [1.165, 1.54) is 12.1 Å². The second-order valence-corrected chi connectivity index (χ2v) is 9.28. The van der Waals surface area contributed by atoms with Crippen molar-refractivity contribution < 1.29 is 33.0 Å². The van der Waals surface area contributed by atoms with Crippen LogP contribution in [0.1, 0.15) is 24.0 Å². The minimum Gasteiger partial charge on any atom is -0.530 e. The number of aromatic nitrogens is 1. The van der Waals surface area contributed by atoms with Crippen LogP contribution in [0.5, 0.6) is 11.5 Å². The van der Waals surface area contributed by atoms with Gasteiger partial charge in [0.05, 0.1) is 11.1 Å². The van der Waals surface area contributed by atoms with Crippen LogP contribution in [0.2, 0.25) is 0 Å². The van der Waals surface area contributed by atoms with E-state index < -0.39 is 17.8 Å². The number of hydrogen-bond acceptors (Lipinski definition) is 6. The summed E-state index contributed by atoms with van der Waals surface area (Å²) >= 11 is 0. The van der Waals surface area contributed by atoms with Gasteiger partial charge < -0.3 is 30.0 Å². The number of halogens is 2. The first-order chi connectivity index (χ1) is 18.2. The number of alkyl halides is 2. The van der Waals surface area contributed by atoms with E-state index in [9.17, 15) is 23.5 Å². The summed E-state index contributed by atoms with van der Waals surface area (Å²) < 4.78 is 36.0. The minimum atomic E-state index is -3.73. The van der Waals surface area contributed by atoms with Crippen molar-refractivity contribution in [3.05, 3.63) is 83.9 Å². The lowest BCUT2D eigenvalue weighted by Gasteiger charge is -2.17. The summed E-state index contributed by atoms with van der Waals surface area (Å²) in [6.45, 7) is 0.118. The van der Waals surface area contributed by atoms with Gasteiger partial charge in [-0.25, -0.2) is 4.98 Å². The maximum Gasteiger partial charge on any atom is 0.586 e. The Morgan fingerprint density at radius 2 is 1.68 bits per heavy atom. The Bertz CT molecular complexity index is 1590. The third kappa shape index (κ3) is 4.34. The summed E-state index contributed by atoms with van der Waals surface area (Å²) in [5.74, 6) is -0.112. The number of carbonyl (C=O) groups is 2. The minimum absolute atomic E-state index is 0.0720. The van der Waals surface area contributed by atoms with Gasteiger partial charge in [0, 0.05) is 17.5 Å². The number of benzene rings is 3. The van der Waals surface area contributed by atoms with Crippen LogP contribution in [-0.4, -0.2) is 23.3 Å². The van der Waals surface area contributed by atoms with E-state index >= 15 is 0 Å². The van der Waals surface area contributed by atoms with Gasteiger partial charge in [0.25, 0.3) is 0 Å². The van der Waals surface area contributed by atoms with Crippen molar-refractivity contribution in [1.82, 2.24) is 10.3 Å². The molecule has 1 fully saturated rings. The van der Waals surface area contributed by atoms with Gasteiger partial charge in [0.15, 0.2) is 11.5 Å². The molecule has 0 spiro atoms. The average molecular weight is 516 g/mol. The number of pyridine rings is 1. The smallest absolute Gasteiger partial charge is 0.530 e. The zero-order valence-corrected chi connectivity index (χ0v) is 19.8. The molecule has 2 heterocycles. The number of fused-ring (bicyclic) bond motifs is 2. The fourth-order valence-corrected chi connectivity index (χ4v) is 4.69. The molecule has 2 aliphatic rings. The van der Waals surface area contributed by atoms with E-state index in [2.05, 4.69) is 20.1 Å². The SMILES string of the molecule is O=C([O-])NCc1ccc(-c2nc(NC(=O)C3(c4ccc5c(c4)OC(F)(F)O5)CC3)cc3ccccc23)cc1. The van der Waals surface area contributed by atoms with Crippen molar-refractivity contribution in [3.8, 4) is 22.8 Å². The Kier molecular flexibility index (Phi) is 5.41. The lowest BCUT2D eigenvalue weighted by molar-refractivity contribution is -0.286. The van der Waals surface area contributed by atoms with Gasteiger partial charge in [-0.3, -0.25) is 4.79 Å². The summed E-state index contributed by atoms with van der Waals surface area (Å²) in [6.07, 6.45) is -3.97. The predicted molar refractivity (Wildman–Crippen MR) is 132 cm³/mol. The Balaban J connectivity index is 1.29. The van der Waals surface area contributed by atoms with Crippen LogP contribution < -0.4 is 25.2 Å². The number of rotatable bonds is 6. The van der Waals surface area contributed by atoms with Gasteiger partial charge in [-0.15, -0.1) is 8.78 Å². The fraction of sp³-hybridized carbons (Fsp3) is 0.179. The monoisotopic (exact) mass is 516 g/mol. The van der Waals surface area contributed by atoms with E-state index in [4.69, 9.17) is 4.98 Å². The predicted octanol–water partition coefficient (Wildman–Crippen LogP) is 4.33. The number of carboxylic acid groups (broad SMARTS) is 1. The Hall–Kier alpha value is -4.73. The van der Waals surface area contributed by atoms with E-state index in [0.717, 1.165) is 21.9 Å². The van der Waals surface area contributed by atoms with Gasteiger partial charge >= 0.3 is 6.29 Å². The first-order valence-corrected chi connectivity index (χ1v) is 11.9. The molecule has 6 rings (SSSR count). The Labute approximate surface area is 215 Å². The molecule has 4 aromatic rings. The van der Waals surface area contributed by atoms with Gasteiger partial charge in [-0.1, -0.05) is 54.6 Å². The quantitative estimate of drug-likeness (QED) is 0.395. The largest absolute Gasteiger partial charge is 0.586 e. The highest BCUT2D eigenvalue weighted by atomic mass is 19.3. The van der Waals surface area contributed by atoms with Crippen LogP contribution in [0, 0.1) is 0 Å². The van der Waals surface area contributed by atoms with Gasteiger partial charge in [0.1, 0.15) is 11.9 Å². The van der Waals surface area contributed by atoms with Gasteiger partial charge in [-0.05, 0) is 47.6 Å². The number of carbonyl (C=O) groups excluding carboxylic acids is 2.